The molecular weight excluding hydrogens is 232 g/mol. The van der Waals surface area contributed by atoms with E-state index in [1.54, 1.807) is 0 Å². The second-order valence-corrected chi connectivity index (χ2v) is 3.39. The molecule has 0 saturated heterocycles. The average molecular weight is 243 g/mol. The van der Waals surface area contributed by atoms with Crippen LogP contribution in [0.5, 0.6) is 0 Å². The summed E-state index contributed by atoms with van der Waals surface area (Å²) < 4.78 is 25.9. The van der Waals surface area contributed by atoms with Gasteiger partial charge < -0.3 is 16.8 Å². The number of nitrogens with one attached hydrogen (secondary N) is 1. The molecule has 0 fully saturated rings. The van der Waals surface area contributed by atoms with Crippen molar-refractivity contribution >= 4 is 17.5 Å². The quantitative estimate of drug-likeness (QED) is 0.699. The van der Waals surface area contributed by atoms with Crippen LogP contribution in [0, 0.1) is 11.6 Å². The van der Waals surface area contributed by atoms with Crippen molar-refractivity contribution in [2.45, 2.75) is 12.5 Å². The van der Waals surface area contributed by atoms with Gasteiger partial charge in [0.1, 0.15) is 11.6 Å². The minimum Gasteiger partial charge on any atom is -0.370 e. The normalized spacial score (nSPS) is 11.9. The maximum Gasteiger partial charge on any atom is 0.241 e. The van der Waals surface area contributed by atoms with E-state index in [4.69, 9.17) is 11.5 Å². The molecule has 0 spiro atoms. The molecule has 1 rings (SSSR count). The number of anilines is 1. The first-order chi connectivity index (χ1) is 7.90. The summed E-state index contributed by atoms with van der Waals surface area (Å²) in [5.41, 5.74) is 9.83. The Bertz CT molecular complexity index is 451. The van der Waals surface area contributed by atoms with Crippen LogP contribution in [-0.4, -0.2) is 17.9 Å². The van der Waals surface area contributed by atoms with Gasteiger partial charge in [-0.25, -0.2) is 8.78 Å². The first-order valence-electron chi connectivity index (χ1n) is 4.70. The van der Waals surface area contributed by atoms with Crippen LogP contribution in [0.1, 0.15) is 6.42 Å². The predicted octanol–water partition coefficient (Wildman–Crippen LogP) is 0.106. The summed E-state index contributed by atoms with van der Waals surface area (Å²) in [6, 6.07) is 1.39. The van der Waals surface area contributed by atoms with Crippen molar-refractivity contribution in [1.29, 1.82) is 0 Å². The van der Waals surface area contributed by atoms with Crippen LogP contribution in [0.25, 0.3) is 0 Å². The maximum absolute atomic E-state index is 13.1. The van der Waals surface area contributed by atoms with E-state index in [0.717, 1.165) is 18.2 Å². The topological polar surface area (TPSA) is 98.2 Å². The Kier molecular flexibility index (Phi) is 4.11. The molecular formula is C10H11F2N3O2. The lowest BCUT2D eigenvalue weighted by molar-refractivity contribution is -0.123. The van der Waals surface area contributed by atoms with Gasteiger partial charge in [-0.15, -0.1) is 0 Å². The predicted molar refractivity (Wildman–Crippen MR) is 56.8 cm³/mol. The Hall–Kier alpha value is -2.02. The molecule has 1 aromatic rings. The summed E-state index contributed by atoms with van der Waals surface area (Å²) in [5, 5.41) is 2.07. The van der Waals surface area contributed by atoms with Crippen molar-refractivity contribution in [1.82, 2.24) is 0 Å². The van der Waals surface area contributed by atoms with Crippen molar-refractivity contribution in [2.75, 3.05) is 5.32 Å². The third kappa shape index (κ3) is 3.80. The van der Waals surface area contributed by atoms with Crippen molar-refractivity contribution in [3.8, 4) is 0 Å². The van der Waals surface area contributed by atoms with Crippen molar-refractivity contribution in [3.05, 3.63) is 29.8 Å². The zero-order valence-electron chi connectivity index (χ0n) is 8.74. The Morgan fingerprint density at radius 2 is 2.00 bits per heavy atom. The molecule has 1 aromatic carbocycles. The number of primary amides is 1. The first-order valence-corrected chi connectivity index (χ1v) is 4.70. The Morgan fingerprint density at radius 1 is 1.35 bits per heavy atom. The molecule has 0 saturated carbocycles. The number of benzene rings is 1. The van der Waals surface area contributed by atoms with E-state index in [0.29, 0.717) is 0 Å². The third-order valence-corrected chi connectivity index (χ3v) is 1.94. The van der Waals surface area contributed by atoms with Crippen molar-refractivity contribution in [3.63, 3.8) is 0 Å². The molecule has 0 aromatic heterocycles. The van der Waals surface area contributed by atoms with Gasteiger partial charge in [-0.3, -0.25) is 9.59 Å². The molecule has 92 valence electrons. The number of amides is 2. The van der Waals surface area contributed by atoms with Gasteiger partial charge >= 0.3 is 0 Å². The number of hydrogen-bond donors (Lipinski definition) is 3. The molecule has 2 amide bonds. The van der Waals surface area contributed by atoms with Crippen LogP contribution in [-0.2, 0) is 9.59 Å². The molecule has 0 aliphatic heterocycles. The minimum atomic E-state index is -1.20. The summed E-state index contributed by atoms with van der Waals surface area (Å²) in [7, 11) is 0. The smallest absolute Gasteiger partial charge is 0.241 e. The Morgan fingerprint density at radius 3 is 2.59 bits per heavy atom. The maximum atomic E-state index is 13.1. The SMILES string of the molecule is NC(=O)CC(N)C(=O)Nc1cc(F)ccc1F. The van der Waals surface area contributed by atoms with Gasteiger partial charge in [0.05, 0.1) is 18.2 Å². The van der Waals surface area contributed by atoms with Crippen LogP contribution in [0.4, 0.5) is 14.5 Å². The second kappa shape index (κ2) is 5.35. The highest BCUT2D eigenvalue weighted by molar-refractivity contribution is 5.97. The number of nitrogens with two attached hydrogens (primary N) is 2. The zero-order chi connectivity index (χ0) is 13.0. The van der Waals surface area contributed by atoms with Gasteiger partial charge in [-0.1, -0.05) is 0 Å². The van der Waals surface area contributed by atoms with Gasteiger partial charge in [0, 0.05) is 6.07 Å². The summed E-state index contributed by atoms with van der Waals surface area (Å²) in [4.78, 5) is 21.9. The molecule has 0 radical (unpaired) electrons. The monoisotopic (exact) mass is 243 g/mol. The summed E-state index contributed by atoms with van der Waals surface area (Å²) in [5.74, 6) is -3.07. The van der Waals surface area contributed by atoms with E-state index in [-0.39, 0.29) is 12.1 Å². The summed E-state index contributed by atoms with van der Waals surface area (Å²) >= 11 is 0. The number of carbonyl (C=O) groups is 2. The van der Waals surface area contributed by atoms with Crippen molar-refractivity contribution in [2.24, 2.45) is 11.5 Å². The van der Waals surface area contributed by atoms with Gasteiger partial charge in [0.25, 0.3) is 0 Å². The fraction of sp³-hybridized carbons (Fsp3) is 0.200. The molecule has 1 unspecified atom stereocenters. The lowest BCUT2D eigenvalue weighted by atomic mass is 10.2. The second-order valence-electron chi connectivity index (χ2n) is 3.39. The molecule has 0 aliphatic carbocycles. The number of hydrogen-bond acceptors (Lipinski definition) is 3. The van der Waals surface area contributed by atoms with E-state index in [1.807, 2.05) is 0 Å². The summed E-state index contributed by atoms with van der Waals surface area (Å²) in [6.07, 6.45) is -0.372. The highest BCUT2D eigenvalue weighted by Gasteiger charge is 2.17. The average Bonchev–Trinajstić information content (AvgIpc) is 2.22. The zero-order valence-corrected chi connectivity index (χ0v) is 8.74. The largest absolute Gasteiger partial charge is 0.370 e. The molecule has 0 aliphatic rings. The molecule has 17 heavy (non-hydrogen) atoms. The van der Waals surface area contributed by atoms with Crippen LogP contribution >= 0.6 is 0 Å². The Balaban J connectivity index is 2.73. The standard InChI is InChI=1S/C10H11F2N3O2/c11-5-1-2-6(12)8(3-5)15-10(17)7(13)4-9(14)16/h1-3,7H,4,13H2,(H2,14,16)(H,15,17). The summed E-state index contributed by atoms with van der Waals surface area (Å²) in [6.45, 7) is 0. The molecule has 0 bridgehead atoms. The molecule has 1 atom stereocenters. The molecule has 5 nitrogen and oxygen atoms in total. The van der Waals surface area contributed by atoms with E-state index < -0.39 is 29.5 Å². The number of carbonyl (C=O) groups excluding carboxylic acids is 2. The van der Waals surface area contributed by atoms with E-state index in [9.17, 15) is 18.4 Å². The Labute approximate surface area is 95.8 Å². The highest BCUT2D eigenvalue weighted by Crippen LogP contribution is 2.15. The third-order valence-electron chi connectivity index (χ3n) is 1.94. The van der Waals surface area contributed by atoms with Crippen LogP contribution < -0.4 is 16.8 Å². The lowest BCUT2D eigenvalue weighted by Crippen LogP contribution is -2.39. The van der Waals surface area contributed by atoms with Gasteiger partial charge in [-0.05, 0) is 12.1 Å². The molecule has 0 heterocycles. The highest BCUT2D eigenvalue weighted by atomic mass is 19.1. The van der Waals surface area contributed by atoms with Crippen molar-refractivity contribution < 1.29 is 18.4 Å². The first kappa shape index (κ1) is 13.0. The fourth-order valence-corrected chi connectivity index (χ4v) is 1.13. The number of halogens is 2. The van der Waals surface area contributed by atoms with E-state index in [2.05, 4.69) is 5.32 Å². The minimum absolute atomic E-state index is 0.338. The molecule has 7 heteroatoms. The van der Waals surface area contributed by atoms with Gasteiger partial charge in [0.15, 0.2) is 0 Å². The van der Waals surface area contributed by atoms with Crippen LogP contribution in [0.15, 0.2) is 18.2 Å². The lowest BCUT2D eigenvalue weighted by Gasteiger charge is -2.11. The van der Waals surface area contributed by atoms with E-state index in [1.165, 1.54) is 0 Å². The van der Waals surface area contributed by atoms with Crippen LogP contribution in [0.2, 0.25) is 0 Å². The van der Waals surface area contributed by atoms with E-state index >= 15 is 0 Å². The van der Waals surface area contributed by atoms with Gasteiger partial charge in [0.2, 0.25) is 11.8 Å². The van der Waals surface area contributed by atoms with Crippen LogP contribution in [0.3, 0.4) is 0 Å². The van der Waals surface area contributed by atoms with Gasteiger partial charge in [-0.2, -0.15) is 0 Å². The molecule has 5 N–H and O–H groups in total. The number of rotatable bonds is 4. The fourth-order valence-electron chi connectivity index (χ4n) is 1.13.